The first kappa shape index (κ1) is 23.6. The number of carbonyl (C=O) groups excluding carboxylic acids is 2. The van der Waals surface area contributed by atoms with Gasteiger partial charge < -0.3 is 14.9 Å². The van der Waals surface area contributed by atoms with E-state index in [1.54, 1.807) is 19.2 Å². The fourth-order valence-electron chi connectivity index (χ4n) is 5.27. The number of nitrogens with one attached hydrogen (secondary N) is 1. The SMILES string of the molecule is COc1cccc(NC(=O)C23CCC(C)(/C(=N\OC(=O)c4ccc(Cl)cc4Cl)C2)C3(C)C)c1. The van der Waals surface area contributed by atoms with Crippen molar-refractivity contribution in [2.75, 3.05) is 12.4 Å². The third kappa shape index (κ3) is 3.69. The lowest BCUT2D eigenvalue weighted by molar-refractivity contribution is -0.130. The largest absolute Gasteiger partial charge is 0.497 e. The van der Waals surface area contributed by atoms with E-state index in [2.05, 4.69) is 31.2 Å². The van der Waals surface area contributed by atoms with Crippen LogP contribution in [0.2, 0.25) is 10.0 Å². The van der Waals surface area contributed by atoms with Gasteiger partial charge in [-0.1, -0.05) is 55.2 Å². The van der Waals surface area contributed by atoms with Crippen molar-refractivity contribution in [3.05, 3.63) is 58.1 Å². The first-order valence-corrected chi connectivity index (χ1v) is 11.5. The molecular formula is C25H26Cl2N2O4. The zero-order valence-electron chi connectivity index (χ0n) is 19.0. The highest BCUT2D eigenvalue weighted by molar-refractivity contribution is 6.36. The van der Waals surface area contributed by atoms with E-state index >= 15 is 0 Å². The van der Waals surface area contributed by atoms with Crippen molar-refractivity contribution >= 4 is 46.5 Å². The summed E-state index contributed by atoms with van der Waals surface area (Å²) in [6, 6.07) is 11.8. The summed E-state index contributed by atoms with van der Waals surface area (Å²) >= 11 is 12.0. The van der Waals surface area contributed by atoms with Crippen LogP contribution in [0.1, 0.15) is 50.4 Å². The maximum Gasteiger partial charge on any atom is 0.367 e. The Morgan fingerprint density at radius 2 is 1.82 bits per heavy atom. The van der Waals surface area contributed by atoms with Gasteiger partial charge in [0.05, 0.1) is 28.8 Å². The average molecular weight is 489 g/mol. The van der Waals surface area contributed by atoms with E-state index in [9.17, 15) is 9.59 Å². The number of anilines is 1. The molecule has 8 heteroatoms. The van der Waals surface area contributed by atoms with Gasteiger partial charge in [-0.05, 0) is 48.6 Å². The zero-order chi connectivity index (χ0) is 24.0. The summed E-state index contributed by atoms with van der Waals surface area (Å²) in [6.45, 7) is 6.26. The van der Waals surface area contributed by atoms with Crippen LogP contribution in [0.15, 0.2) is 47.6 Å². The number of halogens is 2. The molecule has 0 saturated heterocycles. The highest BCUT2D eigenvalue weighted by atomic mass is 35.5. The predicted octanol–water partition coefficient (Wildman–Crippen LogP) is 6.37. The molecule has 0 aliphatic heterocycles. The molecule has 0 spiro atoms. The molecular weight excluding hydrogens is 463 g/mol. The zero-order valence-corrected chi connectivity index (χ0v) is 20.5. The number of benzene rings is 2. The van der Waals surface area contributed by atoms with Gasteiger partial charge in [-0.25, -0.2) is 4.79 Å². The lowest BCUT2D eigenvalue weighted by atomic mass is 9.64. The molecule has 2 unspecified atom stereocenters. The van der Waals surface area contributed by atoms with Gasteiger partial charge in [0.1, 0.15) is 5.75 Å². The standard InChI is InChI=1S/C25H26Cl2N2O4/c1-23(2)24(3)10-11-25(23,22(31)28-16-6-5-7-17(13-16)32-4)14-20(24)29-33-21(30)18-9-8-15(26)12-19(18)27/h5-9,12-13H,10-11,14H2,1-4H3,(H,28,31)/b29-20-. The number of hydrogen-bond acceptors (Lipinski definition) is 5. The van der Waals surface area contributed by atoms with E-state index in [-0.39, 0.29) is 21.9 Å². The molecule has 2 aliphatic rings. The van der Waals surface area contributed by atoms with Crippen molar-refractivity contribution in [1.29, 1.82) is 0 Å². The summed E-state index contributed by atoms with van der Waals surface area (Å²) in [6.07, 6.45) is 1.90. The number of carbonyl (C=O) groups is 2. The summed E-state index contributed by atoms with van der Waals surface area (Å²) in [7, 11) is 1.59. The van der Waals surface area contributed by atoms with Crippen molar-refractivity contribution in [2.24, 2.45) is 21.4 Å². The maximum atomic E-state index is 13.6. The Balaban J connectivity index is 1.59. The minimum absolute atomic E-state index is 0.0678. The van der Waals surface area contributed by atoms with Crippen molar-refractivity contribution in [1.82, 2.24) is 0 Å². The summed E-state index contributed by atoms with van der Waals surface area (Å²) in [5.41, 5.74) is 0.108. The molecule has 174 valence electrons. The maximum absolute atomic E-state index is 13.6. The molecule has 2 fully saturated rings. The van der Waals surface area contributed by atoms with Gasteiger partial charge in [-0.3, -0.25) is 4.79 Å². The molecule has 2 aromatic rings. The molecule has 0 aromatic heterocycles. The number of rotatable bonds is 5. The van der Waals surface area contributed by atoms with Gasteiger partial charge in [0.2, 0.25) is 5.91 Å². The van der Waals surface area contributed by atoms with Crippen LogP contribution in [-0.4, -0.2) is 24.7 Å². The fourth-order valence-corrected chi connectivity index (χ4v) is 5.76. The monoisotopic (exact) mass is 488 g/mol. The van der Waals surface area contributed by atoms with Gasteiger partial charge in [-0.2, -0.15) is 0 Å². The quantitative estimate of drug-likeness (QED) is 0.391. The minimum Gasteiger partial charge on any atom is -0.497 e. The second-order valence-electron chi connectivity index (χ2n) is 9.44. The number of ether oxygens (including phenoxy) is 1. The molecule has 6 nitrogen and oxygen atoms in total. The van der Waals surface area contributed by atoms with Gasteiger partial charge in [0.25, 0.3) is 0 Å². The topological polar surface area (TPSA) is 77.0 Å². The number of oxime groups is 1. The Kier molecular flexibility index (Phi) is 5.95. The number of hydrogen-bond donors (Lipinski definition) is 1. The molecule has 33 heavy (non-hydrogen) atoms. The highest BCUT2D eigenvalue weighted by Crippen LogP contribution is 2.71. The fraction of sp³-hybridized carbons (Fsp3) is 0.400. The Labute approximate surface area is 203 Å². The summed E-state index contributed by atoms with van der Waals surface area (Å²) in [5.74, 6) is -0.0627. The van der Waals surface area contributed by atoms with E-state index in [0.717, 1.165) is 12.8 Å². The normalized spacial score (nSPS) is 26.3. The molecule has 2 saturated carbocycles. The van der Waals surface area contributed by atoms with Crippen LogP contribution >= 0.6 is 23.2 Å². The van der Waals surface area contributed by atoms with Crippen LogP contribution in [0.4, 0.5) is 5.69 Å². The first-order valence-electron chi connectivity index (χ1n) is 10.7. The molecule has 1 N–H and O–H groups in total. The molecule has 1 amide bonds. The second-order valence-corrected chi connectivity index (χ2v) is 10.3. The third-order valence-corrected chi connectivity index (χ3v) is 8.43. The van der Waals surface area contributed by atoms with Gasteiger partial charge in [0, 0.05) is 28.6 Å². The van der Waals surface area contributed by atoms with Gasteiger partial charge in [-0.15, -0.1) is 0 Å². The van der Waals surface area contributed by atoms with Crippen molar-refractivity contribution in [3.63, 3.8) is 0 Å². The molecule has 2 aliphatic carbocycles. The van der Waals surface area contributed by atoms with Crippen molar-refractivity contribution < 1.29 is 19.2 Å². The number of nitrogens with zero attached hydrogens (tertiary/aromatic N) is 1. The minimum atomic E-state index is -0.673. The molecule has 4 rings (SSSR count). The molecule has 2 aromatic carbocycles. The molecule has 2 atom stereocenters. The lowest BCUT2D eigenvalue weighted by Gasteiger charge is -2.39. The van der Waals surface area contributed by atoms with E-state index in [1.807, 2.05) is 18.2 Å². The van der Waals surface area contributed by atoms with Gasteiger partial charge >= 0.3 is 5.97 Å². The second kappa shape index (κ2) is 8.33. The Hall–Kier alpha value is -2.57. The van der Waals surface area contributed by atoms with Crippen molar-refractivity contribution in [2.45, 2.75) is 40.0 Å². The number of methoxy groups -OCH3 is 1. The number of amides is 1. The van der Waals surface area contributed by atoms with E-state index < -0.39 is 16.8 Å². The smallest absolute Gasteiger partial charge is 0.367 e. The Bertz CT molecular complexity index is 1160. The van der Waals surface area contributed by atoms with E-state index in [0.29, 0.717) is 28.6 Å². The average Bonchev–Trinajstić information content (AvgIpc) is 3.08. The predicted molar refractivity (Wildman–Crippen MR) is 129 cm³/mol. The Morgan fingerprint density at radius 3 is 2.52 bits per heavy atom. The number of fused-ring (bicyclic) bond motifs is 2. The van der Waals surface area contributed by atoms with E-state index in [4.69, 9.17) is 32.8 Å². The third-order valence-electron chi connectivity index (χ3n) is 7.89. The summed E-state index contributed by atoms with van der Waals surface area (Å²) in [5, 5.41) is 7.93. The Morgan fingerprint density at radius 1 is 1.06 bits per heavy atom. The van der Waals surface area contributed by atoms with Crippen LogP contribution in [-0.2, 0) is 9.63 Å². The van der Waals surface area contributed by atoms with Crippen LogP contribution < -0.4 is 10.1 Å². The van der Waals surface area contributed by atoms with Crippen LogP contribution in [0.3, 0.4) is 0 Å². The van der Waals surface area contributed by atoms with E-state index in [1.165, 1.54) is 12.1 Å². The van der Waals surface area contributed by atoms with Crippen LogP contribution in [0.5, 0.6) is 5.75 Å². The highest BCUT2D eigenvalue weighted by Gasteiger charge is 2.71. The first-order chi connectivity index (χ1) is 15.5. The van der Waals surface area contributed by atoms with Crippen LogP contribution in [0, 0.1) is 16.2 Å². The molecule has 0 heterocycles. The van der Waals surface area contributed by atoms with Gasteiger partial charge in [0.15, 0.2) is 0 Å². The summed E-state index contributed by atoms with van der Waals surface area (Å²) < 4.78 is 5.27. The van der Waals surface area contributed by atoms with Crippen LogP contribution in [0.25, 0.3) is 0 Å². The lowest BCUT2D eigenvalue weighted by Crippen LogP contribution is -2.43. The summed E-state index contributed by atoms with van der Waals surface area (Å²) in [4.78, 5) is 31.5. The molecule has 2 bridgehead atoms. The van der Waals surface area contributed by atoms with Crippen molar-refractivity contribution in [3.8, 4) is 5.75 Å². The molecule has 0 radical (unpaired) electrons.